The van der Waals surface area contributed by atoms with Gasteiger partial charge in [-0.2, -0.15) is 5.10 Å². The first-order valence-electron chi connectivity index (χ1n) is 9.16. The van der Waals surface area contributed by atoms with Crippen LogP contribution in [0.4, 0.5) is 0 Å². The minimum Gasteiger partial charge on any atom is -0.376 e. The predicted octanol–water partition coefficient (Wildman–Crippen LogP) is 2.33. The number of hydrogen-bond donors (Lipinski definition) is 0. The molecule has 0 aliphatic carbocycles. The van der Waals surface area contributed by atoms with Gasteiger partial charge in [0, 0.05) is 25.9 Å². The minimum atomic E-state index is -0.409. The lowest BCUT2D eigenvalue weighted by Gasteiger charge is -2.34. The molecule has 134 valence electrons. The molecule has 0 saturated carbocycles. The van der Waals surface area contributed by atoms with Gasteiger partial charge in [-0.25, -0.2) is 0 Å². The minimum absolute atomic E-state index is 0.0828. The van der Waals surface area contributed by atoms with Crippen LogP contribution in [0.5, 0.6) is 0 Å². The average Bonchev–Trinajstić information content (AvgIpc) is 3.06. The molecule has 24 heavy (non-hydrogen) atoms. The summed E-state index contributed by atoms with van der Waals surface area (Å²) in [5.41, 5.74) is 1.16. The summed E-state index contributed by atoms with van der Waals surface area (Å²) >= 11 is 0. The molecule has 3 rings (SSSR count). The molecule has 1 amide bonds. The summed E-state index contributed by atoms with van der Waals surface area (Å²) in [4.78, 5) is 14.6. The Balaban J connectivity index is 1.49. The van der Waals surface area contributed by atoms with Gasteiger partial charge in [0.1, 0.15) is 6.10 Å². The number of nitrogens with zero attached hydrogens (tertiary/aromatic N) is 3. The molecule has 0 spiro atoms. The third kappa shape index (κ3) is 4.36. The van der Waals surface area contributed by atoms with Crippen molar-refractivity contribution in [2.45, 2.75) is 64.2 Å². The van der Waals surface area contributed by atoms with Gasteiger partial charge in [-0.15, -0.1) is 0 Å². The van der Waals surface area contributed by atoms with Crippen molar-refractivity contribution in [3.05, 3.63) is 18.0 Å². The third-order valence-corrected chi connectivity index (χ3v) is 4.97. The number of likely N-dealkylation sites (tertiary alicyclic amines) is 1. The van der Waals surface area contributed by atoms with Crippen molar-refractivity contribution >= 4 is 5.91 Å². The molecular weight excluding hydrogens is 306 g/mol. The smallest absolute Gasteiger partial charge is 0.251 e. The van der Waals surface area contributed by atoms with E-state index in [1.165, 1.54) is 6.42 Å². The van der Waals surface area contributed by atoms with Crippen LogP contribution in [0.15, 0.2) is 12.4 Å². The Bertz CT molecular complexity index is 539. The van der Waals surface area contributed by atoms with Crippen LogP contribution in [-0.4, -0.2) is 59.1 Å². The van der Waals surface area contributed by atoms with E-state index in [2.05, 4.69) is 11.3 Å². The van der Waals surface area contributed by atoms with E-state index >= 15 is 0 Å². The van der Waals surface area contributed by atoms with Crippen LogP contribution in [0.2, 0.25) is 0 Å². The van der Waals surface area contributed by atoms with Crippen molar-refractivity contribution in [1.82, 2.24) is 14.7 Å². The fourth-order valence-electron chi connectivity index (χ4n) is 3.52. The second kappa shape index (κ2) is 8.12. The standard InChI is InChI=1S/C18H29N3O3/c1-14-10-19-21(11-14)16-6-5-8-20(12-16)18(22)15(2)24-13-17-7-3-4-9-23-17/h10-11,15-17H,3-9,12-13H2,1-2H3/t15-,16-,17-/m1/s1. The normalized spacial score (nSPS) is 26.3. The highest BCUT2D eigenvalue weighted by molar-refractivity contribution is 5.80. The van der Waals surface area contributed by atoms with Crippen molar-refractivity contribution in [2.75, 3.05) is 26.3 Å². The van der Waals surface area contributed by atoms with Gasteiger partial charge in [-0.05, 0) is 51.5 Å². The van der Waals surface area contributed by atoms with E-state index in [0.29, 0.717) is 13.2 Å². The van der Waals surface area contributed by atoms with E-state index in [9.17, 15) is 4.79 Å². The van der Waals surface area contributed by atoms with Gasteiger partial charge < -0.3 is 14.4 Å². The van der Waals surface area contributed by atoms with E-state index in [1.807, 2.05) is 29.6 Å². The van der Waals surface area contributed by atoms with E-state index in [0.717, 1.165) is 44.4 Å². The van der Waals surface area contributed by atoms with Crippen LogP contribution in [0.25, 0.3) is 0 Å². The van der Waals surface area contributed by atoms with Crippen LogP contribution >= 0.6 is 0 Å². The number of carbonyl (C=O) groups is 1. The Morgan fingerprint density at radius 1 is 1.42 bits per heavy atom. The molecule has 6 heteroatoms. The third-order valence-electron chi connectivity index (χ3n) is 4.97. The number of hydrogen-bond acceptors (Lipinski definition) is 4. The van der Waals surface area contributed by atoms with Gasteiger partial charge in [0.15, 0.2) is 0 Å². The number of aryl methyl sites for hydroxylation is 1. The zero-order valence-corrected chi connectivity index (χ0v) is 14.8. The Labute approximate surface area is 144 Å². The van der Waals surface area contributed by atoms with Gasteiger partial charge in [0.05, 0.1) is 24.9 Å². The summed E-state index contributed by atoms with van der Waals surface area (Å²) in [5, 5.41) is 4.41. The lowest BCUT2D eigenvalue weighted by Crippen LogP contribution is -2.46. The van der Waals surface area contributed by atoms with Gasteiger partial charge >= 0.3 is 0 Å². The Morgan fingerprint density at radius 3 is 3.00 bits per heavy atom. The molecule has 0 aromatic carbocycles. The van der Waals surface area contributed by atoms with Crippen LogP contribution in [0.3, 0.4) is 0 Å². The van der Waals surface area contributed by atoms with Gasteiger partial charge in [-0.1, -0.05) is 0 Å². The second-order valence-corrected chi connectivity index (χ2v) is 7.04. The Hall–Kier alpha value is -1.40. The quantitative estimate of drug-likeness (QED) is 0.829. The number of carbonyl (C=O) groups excluding carboxylic acids is 1. The molecular formula is C18H29N3O3. The first-order chi connectivity index (χ1) is 11.6. The van der Waals surface area contributed by atoms with Crippen LogP contribution in [0.1, 0.15) is 50.6 Å². The van der Waals surface area contributed by atoms with Crippen LogP contribution < -0.4 is 0 Å². The number of aromatic nitrogens is 2. The SMILES string of the molecule is Cc1cnn([C@@H]2CCCN(C(=O)[C@@H](C)OC[C@H]3CCCCO3)C2)c1. The van der Waals surface area contributed by atoms with Gasteiger partial charge in [0.25, 0.3) is 5.91 Å². The van der Waals surface area contributed by atoms with Gasteiger partial charge in [0.2, 0.25) is 0 Å². The highest BCUT2D eigenvalue weighted by Crippen LogP contribution is 2.22. The molecule has 6 nitrogen and oxygen atoms in total. The molecule has 1 aromatic heterocycles. The first kappa shape index (κ1) is 17.4. The van der Waals surface area contributed by atoms with Crippen LogP contribution in [0, 0.1) is 6.92 Å². The molecule has 2 fully saturated rings. The number of ether oxygens (including phenoxy) is 2. The maximum absolute atomic E-state index is 12.7. The molecule has 2 saturated heterocycles. The highest BCUT2D eigenvalue weighted by atomic mass is 16.5. The van der Waals surface area contributed by atoms with Crippen molar-refractivity contribution < 1.29 is 14.3 Å². The summed E-state index contributed by atoms with van der Waals surface area (Å²) in [5.74, 6) is 0.0828. The highest BCUT2D eigenvalue weighted by Gasteiger charge is 2.29. The largest absolute Gasteiger partial charge is 0.376 e. The van der Waals surface area contributed by atoms with E-state index in [4.69, 9.17) is 9.47 Å². The number of piperidine rings is 1. The second-order valence-electron chi connectivity index (χ2n) is 7.04. The number of amides is 1. The predicted molar refractivity (Wildman–Crippen MR) is 90.8 cm³/mol. The fourth-order valence-corrected chi connectivity index (χ4v) is 3.52. The summed E-state index contributed by atoms with van der Waals surface area (Å²) in [6.45, 7) is 6.75. The molecule has 0 radical (unpaired) electrons. The van der Waals surface area contributed by atoms with Gasteiger partial charge in [-0.3, -0.25) is 9.48 Å². The van der Waals surface area contributed by atoms with Crippen molar-refractivity contribution in [3.8, 4) is 0 Å². The zero-order chi connectivity index (χ0) is 16.9. The maximum Gasteiger partial charge on any atom is 0.251 e. The molecule has 0 N–H and O–H groups in total. The fraction of sp³-hybridized carbons (Fsp3) is 0.778. The summed E-state index contributed by atoms with van der Waals surface area (Å²) in [6, 6.07) is 0.269. The van der Waals surface area contributed by atoms with E-state index in [-0.39, 0.29) is 18.1 Å². The monoisotopic (exact) mass is 335 g/mol. The molecule has 3 heterocycles. The topological polar surface area (TPSA) is 56.6 Å². The molecule has 2 aliphatic rings. The number of rotatable bonds is 5. The lowest BCUT2D eigenvalue weighted by molar-refractivity contribution is -0.147. The molecule has 1 aromatic rings. The van der Waals surface area contributed by atoms with Crippen LogP contribution in [-0.2, 0) is 14.3 Å². The lowest BCUT2D eigenvalue weighted by atomic mass is 10.1. The molecule has 3 atom stereocenters. The van der Waals surface area contributed by atoms with E-state index < -0.39 is 6.10 Å². The summed E-state index contributed by atoms with van der Waals surface area (Å²) in [6.07, 6.45) is 9.09. The average molecular weight is 335 g/mol. The first-order valence-corrected chi connectivity index (χ1v) is 9.16. The maximum atomic E-state index is 12.7. The molecule has 2 aliphatic heterocycles. The van der Waals surface area contributed by atoms with Crippen molar-refractivity contribution in [1.29, 1.82) is 0 Å². The Morgan fingerprint density at radius 2 is 2.29 bits per heavy atom. The summed E-state index contributed by atoms with van der Waals surface area (Å²) < 4.78 is 13.5. The zero-order valence-electron chi connectivity index (χ0n) is 14.8. The van der Waals surface area contributed by atoms with E-state index in [1.54, 1.807) is 0 Å². The van der Waals surface area contributed by atoms with Crippen molar-refractivity contribution in [3.63, 3.8) is 0 Å². The summed E-state index contributed by atoms with van der Waals surface area (Å²) in [7, 11) is 0. The molecule has 0 unspecified atom stereocenters. The Kier molecular flexibility index (Phi) is 5.89. The van der Waals surface area contributed by atoms with Crippen molar-refractivity contribution in [2.24, 2.45) is 0 Å². The molecule has 0 bridgehead atoms.